The van der Waals surface area contributed by atoms with Crippen molar-refractivity contribution in [3.63, 3.8) is 0 Å². The number of aliphatic hydroxyl groups is 1. The highest BCUT2D eigenvalue weighted by atomic mass is 16.5. The Morgan fingerprint density at radius 2 is 1.53 bits per heavy atom. The molecule has 3 N–H and O–H groups in total. The molecule has 5 heterocycles. The molecule has 0 aromatic heterocycles. The molecule has 5 aliphatic heterocycles. The Balaban J connectivity index is 0.766. The number of aromatic hydroxyl groups is 1. The summed E-state index contributed by atoms with van der Waals surface area (Å²) in [6.45, 7) is 7.71. The van der Waals surface area contributed by atoms with Gasteiger partial charge < -0.3 is 19.8 Å². The first-order chi connectivity index (χ1) is 28.2. The van der Waals surface area contributed by atoms with Gasteiger partial charge >= 0.3 is 0 Å². The number of phenols is 1. The molecule has 0 spiro atoms. The van der Waals surface area contributed by atoms with E-state index >= 15 is 0 Å². The van der Waals surface area contributed by atoms with Gasteiger partial charge in [-0.3, -0.25) is 34.4 Å². The highest BCUT2D eigenvalue weighted by Gasteiger charge is 2.48. The first-order valence-corrected chi connectivity index (χ1v) is 20.8. The molecular formula is C47H51N5O6. The number of hydrogen-bond acceptors (Lipinski definition) is 9. The molecule has 300 valence electrons. The topological polar surface area (TPSA) is 126 Å². The third kappa shape index (κ3) is 7.27. The van der Waals surface area contributed by atoms with Crippen molar-refractivity contribution in [2.45, 2.75) is 75.8 Å². The summed E-state index contributed by atoms with van der Waals surface area (Å²) in [7, 11) is 0. The number of piperazine rings is 1. The number of imide groups is 1. The van der Waals surface area contributed by atoms with E-state index in [9.17, 15) is 24.6 Å². The fourth-order valence-electron chi connectivity index (χ4n) is 10.1. The van der Waals surface area contributed by atoms with Crippen LogP contribution in [0.3, 0.4) is 0 Å². The van der Waals surface area contributed by atoms with Crippen molar-refractivity contribution in [2.24, 2.45) is 0 Å². The van der Waals surface area contributed by atoms with E-state index in [1.54, 1.807) is 18.2 Å². The van der Waals surface area contributed by atoms with Crippen LogP contribution in [0.15, 0.2) is 97.1 Å². The number of fused-ring (bicyclic) bond motifs is 3. The molecule has 4 aromatic rings. The predicted octanol–water partition coefficient (Wildman–Crippen LogP) is 5.82. The molecule has 11 nitrogen and oxygen atoms in total. The lowest BCUT2D eigenvalue weighted by molar-refractivity contribution is -0.139. The molecule has 2 bridgehead atoms. The number of nitrogens with one attached hydrogen (secondary N) is 1. The predicted molar refractivity (Wildman–Crippen MR) is 222 cm³/mol. The maximum atomic E-state index is 13.3. The zero-order valence-electron chi connectivity index (χ0n) is 32.9. The number of allylic oxidation sites excluding steroid dienone is 1. The zero-order chi connectivity index (χ0) is 39.9. The fourth-order valence-corrected chi connectivity index (χ4v) is 10.1. The highest BCUT2D eigenvalue weighted by Crippen LogP contribution is 2.42. The van der Waals surface area contributed by atoms with E-state index < -0.39 is 18.2 Å². The number of amides is 3. The van der Waals surface area contributed by atoms with Crippen molar-refractivity contribution in [1.82, 2.24) is 20.0 Å². The smallest absolute Gasteiger partial charge is 0.257 e. The second kappa shape index (κ2) is 16.0. The van der Waals surface area contributed by atoms with Crippen LogP contribution in [0.25, 0.3) is 11.1 Å². The number of rotatable bonds is 11. The van der Waals surface area contributed by atoms with Crippen LogP contribution in [-0.4, -0.2) is 106 Å². The monoisotopic (exact) mass is 781 g/mol. The molecule has 9 rings (SSSR count). The van der Waals surface area contributed by atoms with E-state index in [0.717, 1.165) is 86.5 Å². The van der Waals surface area contributed by atoms with Crippen LogP contribution in [0.2, 0.25) is 0 Å². The summed E-state index contributed by atoms with van der Waals surface area (Å²) in [6, 6.07) is 32.6. The molecule has 58 heavy (non-hydrogen) atoms. The Hall–Kier alpha value is -5.49. The minimum absolute atomic E-state index is 0.144. The number of aliphatic hydroxyl groups excluding tert-OH is 1. The van der Waals surface area contributed by atoms with Gasteiger partial charge in [-0.2, -0.15) is 0 Å². The number of carbonyl (C=O) groups is 3. The van der Waals surface area contributed by atoms with Gasteiger partial charge in [0.25, 0.3) is 5.91 Å². The lowest BCUT2D eigenvalue weighted by atomic mass is 9.88. The Morgan fingerprint density at radius 1 is 0.810 bits per heavy atom. The van der Waals surface area contributed by atoms with E-state index in [1.165, 1.54) is 16.0 Å². The molecule has 4 saturated heterocycles. The number of nitrogens with zero attached hydrogens (tertiary/aromatic N) is 4. The lowest BCUT2D eigenvalue weighted by Gasteiger charge is -2.43. The molecule has 0 radical (unpaired) electrons. The van der Waals surface area contributed by atoms with Gasteiger partial charge in [0.05, 0.1) is 0 Å². The van der Waals surface area contributed by atoms with Crippen LogP contribution in [0, 0.1) is 0 Å². The van der Waals surface area contributed by atoms with Crippen LogP contribution in [0.5, 0.6) is 11.5 Å². The maximum absolute atomic E-state index is 13.3. The summed E-state index contributed by atoms with van der Waals surface area (Å²) >= 11 is 0. The van der Waals surface area contributed by atoms with Crippen LogP contribution in [-0.2, 0) is 9.59 Å². The van der Waals surface area contributed by atoms with Crippen molar-refractivity contribution < 1.29 is 29.3 Å². The van der Waals surface area contributed by atoms with E-state index in [0.29, 0.717) is 35.9 Å². The molecule has 4 fully saturated rings. The van der Waals surface area contributed by atoms with Crippen molar-refractivity contribution in [3.8, 4) is 11.5 Å². The van der Waals surface area contributed by atoms with Crippen molar-refractivity contribution >= 4 is 34.6 Å². The first kappa shape index (κ1) is 38.1. The van der Waals surface area contributed by atoms with Gasteiger partial charge in [-0.05, 0) is 115 Å². The number of anilines is 1. The molecule has 0 saturated carbocycles. The number of phenolic OH excluding ortho intramolecular Hbond substituents is 1. The van der Waals surface area contributed by atoms with Gasteiger partial charge in [-0.15, -0.1) is 0 Å². The molecule has 3 amide bonds. The number of carbonyl (C=O) groups excluding carboxylic acids is 3. The van der Waals surface area contributed by atoms with Crippen LogP contribution in [0.4, 0.5) is 5.69 Å². The standard InChI is InChI=1S/C47H51N5O6/c1-2-39(30-6-4-3-5-7-30)44(31-8-13-37(53)14-9-31)32-10-15-38(16-11-32)58-25-24-49-22-20-33(21-23-49)50-28-36-26-35(50)29-51(36)34-12-17-40-41(27-34)47(57)52(46(40)56)42-18-19-43(54)48-45(42)55/h3-17,27,33,35-36,42,47,53,57H,2,18-26,28-29H2,1H3,(H,48,54,55)/b44-39-. The summed E-state index contributed by atoms with van der Waals surface area (Å²) in [5.41, 5.74) is 7.72. The van der Waals surface area contributed by atoms with Gasteiger partial charge in [0, 0.05) is 61.0 Å². The van der Waals surface area contributed by atoms with Gasteiger partial charge in [-0.25, -0.2) is 0 Å². The minimum atomic E-state index is -1.22. The van der Waals surface area contributed by atoms with E-state index in [-0.39, 0.29) is 30.4 Å². The summed E-state index contributed by atoms with van der Waals surface area (Å²) in [6.07, 6.45) is 3.38. The van der Waals surface area contributed by atoms with E-state index in [4.69, 9.17) is 4.74 Å². The van der Waals surface area contributed by atoms with Crippen molar-refractivity contribution in [1.29, 1.82) is 0 Å². The van der Waals surface area contributed by atoms with E-state index in [1.807, 2.05) is 30.3 Å². The zero-order valence-corrected chi connectivity index (χ0v) is 32.9. The normalized spacial score (nSPS) is 24.3. The van der Waals surface area contributed by atoms with E-state index in [2.05, 4.69) is 75.5 Å². The van der Waals surface area contributed by atoms with Crippen LogP contribution in [0.1, 0.15) is 84.3 Å². The largest absolute Gasteiger partial charge is 0.508 e. The molecule has 4 atom stereocenters. The second-order valence-corrected chi connectivity index (χ2v) is 16.3. The van der Waals surface area contributed by atoms with Crippen LogP contribution >= 0.6 is 0 Å². The molecule has 11 heteroatoms. The Kier molecular flexibility index (Phi) is 10.5. The Labute approximate surface area is 339 Å². The minimum Gasteiger partial charge on any atom is -0.508 e. The summed E-state index contributed by atoms with van der Waals surface area (Å²) in [5, 5.41) is 23.5. The number of hydrogen-bond donors (Lipinski definition) is 3. The lowest BCUT2D eigenvalue weighted by Crippen LogP contribution is -2.53. The molecule has 0 aliphatic carbocycles. The number of piperidine rings is 2. The fraction of sp³-hybridized carbons (Fsp3) is 0.383. The van der Waals surface area contributed by atoms with Gasteiger partial charge in [0.2, 0.25) is 11.8 Å². The quantitative estimate of drug-likeness (QED) is 0.128. The van der Waals surface area contributed by atoms with Gasteiger partial charge in [-0.1, -0.05) is 61.5 Å². The number of likely N-dealkylation sites (tertiary alicyclic amines) is 2. The maximum Gasteiger partial charge on any atom is 0.257 e. The SMILES string of the molecule is CC/C(=C(\c1ccc(O)cc1)c1ccc(OCCN2CCC(N3CC4CC3CN4c3ccc4c(c3)C(O)N(C3CCC(=O)NC3=O)C4=O)CC2)cc1)c1ccccc1. The molecule has 4 aromatic carbocycles. The third-order valence-electron chi connectivity index (χ3n) is 13.0. The third-order valence-corrected chi connectivity index (χ3v) is 13.0. The highest BCUT2D eigenvalue weighted by molar-refractivity contribution is 6.06. The molecule has 5 aliphatic rings. The van der Waals surface area contributed by atoms with Crippen LogP contribution < -0.4 is 15.0 Å². The van der Waals surface area contributed by atoms with Gasteiger partial charge in [0.1, 0.15) is 24.1 Å². The number of benzene rings is 4. The second-order valence-electron chi connectivity index (χ2n) is 16.3. The van der Waals surface area contributed by atoms with Crippen molar-refractivity contribution in [3.05, 3.63) is 125 Å². The average Bonchev–Trinajstić information content (AvgIpc) is 3.93. The summed E-state index contributed by atoms with van der Waals surface area (Å²) < 4.78 is 6.27. The Bertz CT molecular complexity index is 2200. The first-order valence-electron chi connectivity index (χ1n) is 20.8. The Morgan fingerprint density at radius 3 is 2.21 bits per heavy atom. The number of ether oxygens (including phenoxy) is 1. The summed E-state index contributed by atoms with van der Waals surface area (Å²) in [4.78, 5) is 46.4. The average molecular weight is 782 g/mol. The summed E-state index contributed by atoms with van der Waals surface area (Å²) in [5.74, 6) is -0.146. The van der Waals surface area contributed by atoms with Crippen molar-refractivity contribution in [2.75, 3.05) is 44.2 Å². The molecule has 4 unspecified atom stereocenters. The molecular weight excluding hydrogens is 731 g/mol. The van der Waals surface area contributed by atoms with Gasteiger partial charge in [0.15, 0.2) is 6.23 Å².